The standard InChI is InChI=1S/C14H17Cl2N3O3/c15-9-2-1-8(5-10(9)16)13-11(6-17-3-4-22-13)19-12(20)7-18-14(19)21/h1-2,5,11-13,17,20H,3-4,6-7H2,(H,18,21). The van der Waals surface area contributed by atoms with Gasteiger partial charge in [0.15, 0.2) is 0 Å². The smallest absolute Gasteiger partial charge is 0.320 e. The minimum Gasteiger partial charge on any atom is -0.372 e. The van der Waals surface area contributed by atoms with Crippen molar-refractivity contribution in [2.75, 3.05) is 26.2 Å². The van der Waals surface area contributed by atoms with Gasteiger partial charge in [-0.25, -0.2) is 4.79 Å². The zero-order valence-corrected chi connectivity index (χ0v) is 13.3. The van der Waals surface area contributed by atoms with Crippen molar-refractivity contribution in [2.45, 2.75) is 18.4 Å². The maximum absolute atomic E-state index is 12.0. The highest BCUT2D eigenvalue weighted by Gasteiger charge is 2.40. The van der Waals surface area contributed by atoms with E-state index in [0.717, 1.165) is 5.56 Å². The van der Waals surface area contributed by atoms with E-state index in [0.29, 0.717) is 29.7 Å². The summed E-state index contributed by atoms with van der Waals surface area (Å²) in [5.74, 6) is 0. The Hall–Kier alpha value is -1.05. The van der Waals surface area contributed by atoms with Gasteiger partial charge in [0.1, 0.15) is 12.3 Å². The molecule has 2 amide bonds. The Kier molecular flexibility index (Phi) is 4.75. The van der Waals surface area contributed by atoms with Crippen LogP contribution in [0.1, 0.15) is 11.7 Å². The molecule has 0 bridgehead atoms. The van der Waals surface area contributed by atoms with Crippen LogP contribution in [0.25, 0.3) is 0 Å². The summed E-state index contributed by atoms with van der Waals surface area (Å²) in [6.45, 7) is 1.92. The molecule has 0 radical (unpaired) electrons. The molecule has 3 N–H and O–H groups in total. The molecule has 0 saturated carbocycles. The average Bonchev–Trinajstić information content (AvgIpc) is 2.71. The molecule has 0 aromatic heterocycles. The number of carbonyl (C=O) groups excluding carboxylic acids is 1. The third-order valence-electron chi connectivity index (χ3n) is 3.90. The third kappa shape index (κ3) is 3.02. The minimum absolute atomic E-state index is 0.212. The number of nitrogens with one attached hydrogen (secondary N) is 2. The molecule has 1 aromatic rings. The molecule has 0 aliphatic carbocycles. The van der Waals surface area contributed by atoms with Crippen LogP contribution in [-0.4, -0.2) is 54.5 Å². The largest absolute Gasteiger partial charge is 0.372 e. The second-order valence-electron chi connectivity index (χ2n) is 5.31. The second-order valence-corrected chi connectivity index (χ2v) is 6.12. The molecule has 2 heterocycles. The van der Waals surface area contributed by atoms with Gasteiger partial charge in [-0.2, -0.15) is 0 Å². The molecule has 3 rings (SSSR count). The predicted molar refractivity (Wildman–Crippen MR) is 83.1 cm³/mol. The predicted octanol–water partition coefficient (Wildman–Crippen LogP) is 1.37. The van der Waals surface area contributed by atoms with Gasteiger partial charge in [-0.1, -0.05) is 29.3 Å². The van der Waals surface area contributed by atoms with E-state index >= 15 is 0 Å². The summed E-state index contributed by atoms with van der Waals surface area (Å²) in [7, 11) is 0. The van der Waals surface area contributed by atoms with Gasteiger partial charge in [0.2, 0.25) is 0 Å². The van der Waals surface area contributed by atoms with Gasteiger partial charge in [0.25, 0.3) is 0 Å². The van der Waals surface area contributed by atoms with Crippen LogP contribution in [0.15, 0.2) is 18.2 Å². The quantitative estimate of drug-likeness (QED) is 0.756. The molecule has 6 nitrogen and oxygen atoms in total. The SMILES string of the molecule is O=C1NCC(O)N1C1CNCCOC1c1ccc(Cl)c(Cl)c1. The number of halogens is 2. The number of urea groups is 1. The zero-order chi connectivity index (χ0) is 15.7. The summed E-state index contributed by atoms with van der Waals surface area (Å²) in [5.41, 5.74) is 0.829. The molecular weight excluding hydrogens is 329 g/mol. The number of amides is 2. The number of aliphatic hydroxyl groups is 1. The Bertz CT molecular complexity index is 572. The van der Waals surface area contributed by atoms with E-state index in [1.807, 2.05) is 6.07 Å². The van der Waals surface area contributed by atoms with Gasteiger partial charge in [0.05, 0.1) is 29.2 Å². The number of rotatable bonds is 2. The van der Waals surface area contributed by atoms with Gasteiger partial charge in [-0.05, 0) is 17.7 Å². The fraction of sp³-hybridized carbons (Fsp3) is 0.500. The number of β-amino-alcohol motifs (C(OH)–C–C–N with tert-alkyl or cyclic N) is 1. The van der Waals surface area contributed by atoms with Gasteiger partial charge >= 0.3 is 6.03 Å². The number of nitrogens with zero attached hydrogens (tertiary/aromatic N) is 1. The summed E-state index contributed by atoms with van der Waals surface area (Å²) in [6, 6.07) is 4.65. The molecule has 8 heteroatoms. The van der Waals surface area contributed by atoms with E-state index in [1.165, 1.54) is 4.90 Å². The van der Waals surface area contributed by atoms with Crippen molar-refractivity contribution >= 4 is 29.2 Å². The normalized spacial score (nSPS) is 29.3. The van der Waals surface area contributed by atoms with Crippen LogP contribution in [0.4, 0.5) is 4.79 Å². The van der Waals surface area contributed by atoms with E-state index in [1.54, 1.807) is 12.1 Å². The van der Waals surface area contributed by atoms with Gasteiger partial charge in [0, 0.05) is 13.1 Å². The topological polar surface area (TPSA) is 73.8 Å². The molecule has 2 aliphatic rings. The first kappa shape index (κ1) is 15.8. The average molecular weight is 346 g/mol. The molecule has 1 aromatic carbocycles. The lowest BCUT2D eigenvalue weighted by Gasteiger charge is -2.34. The van der Waals surface area contributed by atoms with Crippen molar-refractivity contribution in [3.8, 4) is 0 Å². The van der Waals surface area contributed by atoms with Gasteiger partial charge < -0.3 is 20.5 Å². The highest BCUT2D eigenvalue weighted by atomic mass is 35.5. The molecule has 120 valence electrons. The van der Waals surface area contributed by atoms with E-state index in [-0.39, 0.29) is 24.7 Å². The molecular formula is C14H17Cl2N3O3. The van der Waals surface area contributed by atoms with Crippen molar-refractivity contribution < 1.29 is 14.6 Å². The number of hydrogen-bond donors (Lipinski definition) is 3. The Morgan fingerprint density at radius 1 is 1.27 bits per heavy atom. The third-order valence-corrected chi connectivity index (χ3v) is 4.64. The number of ether oxygens (including phenoxy) is 1. The lowest BCUT2D eigenvalue weighted by atomic mass is 10.0. The van der Waals surface area contributed by atoms with Crippen molar-refractivity contribution in [3.63, 3.8) is 0 Å². The zero-order valence-electron chi connectivity index (χ0n) is 11.8. The minimum atomic E-state index is -0.869. The summed E-state index contributed by atoms with van der Waals surface area (Å²) >= 11 is 12.1. The van der Waals surface area contributed by atoms with Crippen molar-refractivity contribution in [2.24, 2.45) is 0 Å². The Labute approximate surface area is 138 Å². The summed E-state index contributed by atoms with van der Waals surface area (Å²) in [6.07, 6.45) is -1.26. The molecule has 22 heavy (non-hydrogen) atoms. The van der Waals surface area contributed by atoms with Crippen LogP contribution in [0.5, 0.6) is 0 Å². The fourth-order valence-corrected chi connectivity index (χ4v) is 3.16. The number of aliphatic hydroxyl groups excluding tert-OH is 1. The molecule has 2 saturated heterocycles. The van der Waals surface area contributed by atoms with Gasteiger partial charge in [-0.15, -0.1) is 0 Å². The first-order valence-corrected chi connectivity index (χ1v) is 7.85. The maximum Gasteiger partial charge on any atom is 0.320 e. The van der Waals surface area contributed by atoms with Crippen molar-refractivity contribution in [3.05, 3.63) is 33.8 Å². The van der Waals surface area contributed by atoms with Gasteiger partial charge in [-0.3, -0.25) is 4.90 Å². The van der Waals surface area contributed by atoms with Crippen LogP contribution < -0.4 is 10.6 Å². The monoisotopic (exact) mass is 345 g/mol. The second kappa shape index (κ2) is 6.60. The van der Waals surface area contributed by atoms with E-state index < -0.39 is 6.23 Å². The van der Waals surface area contributed by atoms with E-state index in [9.17, 15) is 9.90 Å². The lowest BCUT2D eigenvalue weighted by molar-refractivity contribution is -0.0308. The Balaban J connectivity index is 1.93. The lowest BCUT2D eigenvalue weighted by Crippen LogP contribution is -2.50. The fourth-order valence-electron chi connectivity index (χ4n) is 2.85. The number of benzene rings is 1. The Morgan fingerprint density at radius 2 is 2.09 bits per heavy atom. The number of hydrogen-bond acceptors (Lipinski definition) is 4. The first-order valence-electron chi connectivity index (χ1n) is 7.09. The molecule has 3 atom stereocenters. The van der Waals surface area contributed by atoms with Crippen molar-refractivity contribution in [1.82, 2.24) is 15.5 Å². The highest BCUT2D eigenvalue weighted by molar-refractivity contribution is 6.42. The first-order chi connectivity index (χ1) is 10.6. The van der Waals surface area contributed by atoms with Crippen LogP contribution >= 0.6 is 23.2 Å². The van der Waals surface area contributed by atoms with Crippen LogP contribution in [0.2, 0.25) is 10.0 Å². The maximum atomic E-state index is 12.0. The molecule has 2 aliphatic heterocycles. The number of carbonyl (C=O) groups is 1. The Morgan fingerprint density at radius 3 is 2.77 bits per heavy atom. The molecule has 2 fully saturated rings. The van der Waals surface area contributed by atoms with Crippen LogP contribution in [-0.2, 0) is 4.74 Å². The molecule has 3 unspecified atom stereocenters. The van der Waals surface area contributed by atoms with Crippen molar-refractivity contribution in [1.29, 1.82) is 0 Å². The summed E-state index contributed by atoms with van der Waals surface area (Å²) in [4.78, 5) is 13.4. The summed E-state index contributed by atoms with van der Waals surface area (Å²) < 4.78 is 5.91. The molecule has 0 spiro atoms. The highest BCUT2D eigenvalue weighted by Crippen LogP contribution is 2.32. The summed E-state index contributed by atoms with van der Waals surface area (Å²) in [5, 5.41) is 16.8. The van der Waals surface area contributed by atoms with E-state index in [4.69, 9.17) is 27.9 Å². The van der Waals surface area contributed by atoms with E-state index in [2.05, 4.69) is 10.6 Å². The van der Waals surface area contributed by atoms with Crippen LogP contribution in [0.3, 0.4) is 0 Å². The van der Waals surface area contributed by atoms with Crippen LogP contribution in [0, 0.1) is 0 Å².